The van der Waals surface area contributed by atoms with E-state index in [9.17, 15) is 13.5 Å². The van der Waals surface area contributed by atoms with E-state index in [1.165, 1.54) is 12.1 Å². The second-order valence-electron chi connectivity index (χ2n) is 3.69. The van der Waals surface area contributed by atoms with Crippen LogP contribution in [0, 0.1) is 0 Å². The van der Waals surface area contributed by atoms with Gasteiger partial charge in [0.25, 0.3) is 0 Å². The first-order valence-electron chi connectivity index (χ1n) is 4.99. The third kappa shape index (κ3) is 1.72. The van der Waals surface area contributed by atoms with Crippen LogP contribution in [0.3, 0.4) is 0 Å². The molecule has 5 heteroatoms. The van der Waals surface area contributed by atoms with Gasteiger partial charge in [0.15, 0.2) is 0 Å². The Balaban J connectivity index is 2.44. The van der Waals surface area contributed by atoms with Crippen molar-refractivity contribution < 1.29 is 13.5 Å². The van der Waals surface area contributed by atoms with Gasteiger partial charge in [0.1, 0.15) is 5.75 Å². The van der Waals surface area contributed by atoms with Gasteiger partial charge in [-0.05, 0) is 49.9 Å². The molecule has 1 aromatic rings. The van der Waals surface area contributed by atoms with Crippen molar-refractivity contribution in [2.24, 2.45) is 0 Å². The normalized spacial score (nSPS) is 16.9. The minimum absolute atomic E-state index is 0.0226. The third-order valence-electron chi connectivity index (χ3n) is 2.57. The molecule has 0 unspecified atom stereocenters. The predicted molar refractivity (Wildman–Crippen MR) is 61.8 cm³/mol. The number of hydrogen-bond acceptors (Lipinski definition) is 4. The van der Waals surface area contributed by atoms with Crippen molar-refractivity contribution >= 4 is 15.9 Å². The fourth-order valence-corrected chi connectivity index (χ4v) is 3.37. The Hall–Kier alpha value is -1.33. The standard InChI is InChI=1S/C11H13NO3S/c1-12-5-4-10-6-8-2-3-9(13)7-11(8)16(10,14)15/h2-3,6-7,12-13H,4-5H2,1H3. The number of aromatic hydroxyl groups is 1. The van der Waals surface area contributed by atoms with E-state index in [0.717, 1.165) is 0 Å². The molecular formula is C11H13NO3S. The summed E-state index contributed by atoms with van der Waals surface area (Å²) in [6.07, 6.45) is 2.13. The number of benzene rings is 1. The van der Waals surface area contributed by atoms with Crippen molar-refractivity contribution in [2.45, 2.75) is 11.3 Å². The van der Waals surface area contributed by atoms with Gasteiger partial charge in [-0.1, -0.05) is 0 Å². The van der Waals surface area contributed by atoms with Crippen molar-refractivity contribution in [3.05, 3.63) is 28.7 Å². The SMILES string of the molecule is CNCCC1=Cc2ccc(O)cc2S1(=O)=O. The van der Waals surface area contributed by atoms with Crippen molar-refractivity contribution in [1.82, 2.24) is 5.32 Å². The number of sulfone groups is 1. The first-order chi connectivity index (χ1) is 7.55. The average molecular weight is 239 g/mol. The van der Waals surface area contributed by atoms with Gasteiger partial charge in [0, 0.05) is 0 Å². The van der Waals surface area contributed by atoms with E-state index in [0.29, 0.717) is 23.4 Å². The molecule has 1 heterocycles. The van der Waals surface area contributed by atoms with E-state index in [4.69, 9.17) is 0 Å². The maximum absolute atomic E-state index is 12.0. The molecule has 0 amide bonds. The van der Waals surface area contributed by atoms with Gasteiger partial charge in [-0.2, -0.15) is 0 Å². The van der Waals surface area contributed by atoms with Crippen LogP contribution >= 0.6 is 0 Å². The van der Waals surface area contributed by atoms with Crippen LogP contribution in [0.15, 0.2) is 28.0 Å². The van der Waals surface area contributed by atoms with Crippen molar-refractivity contribution in [1.29, 1.82) is 0 Å². The first-order valence-corrected chi connectivity index (χ1v) is 6.47. The Bertz CT molecular complexity index is 546. The van der Waals surface area contributed by atoms with Gasteiger partial charge in [-0.3, -0.25) is 0 Å². The molecular weight excluding hydrogens is 226 g/mol. The Labute approximate surface area is 94.5 Å². The Morgan fingerprint density at radius 3 is 2.81 bits per heavy atom. The van der Waals surface area contributed by atoms with Crippen molar-refractivity contribution in [3.8, 4) is 5.75 Å². The van der Waals surface area contributed by atoms with E-state index in [2.05, 4.69) is 5.32 Å². The van der Waals surface area contributed by atoms with Crippen LogP contribution in [-0.2, 0) is 9.84 Å². The minimum Gasteiger partial charge on any atom is -0.508 e. The molecule has 0 atom stereocenters. The number of hydrogen-bond donors (Lipinski definition) is 2. The zero-order valence-electron chi connectivity index (χ0n) is 8.90. The van der Waals surface area contributed by atoms with Gasteiger partial charge >= 0.3 is 0 Å². The lowest BCUT2D eigenvalue weighted by Crippen LogP contribution is -2.11. The molecule has 0 radical (unpaired) electrons. The Morgan fingerprint density at radius 2 is 2.12 bits per heavy atom. The highest BCUT2D eigenvalue weighted by molar-refractivity contribution is 7.95. The molecule has 1 aliphatic rings. The van der Waals surface area contributed by atoms with Gasteiger partial charge in [0.2, 0.25) is 9.84 Å². The molecule has 1 aliphatic heterocycles. The molecule has 2 N–H and O–H groups in total. The summed E-state index contributed by atoms with van der Waals surface area (Å²) < 4.78 is 24.1. The summed E-state index contributed by atoms with van der Waals surface area (Å²) in [4.78, 5) is 0.612. The largest absolute Gasteiger partial charge is 0.508 e. The van der Waals surface area contributed by atoms with Crippen LogP contribution in [0.1, 0.15) is 12.0 Å². The van der Waals surface area contributed by atoms with Crippen LogP contribution < -0.4 is 5.32 Å². The zero-order chi connectivity index (χ0) is 11.8. The smallest absolute Gasteiger partial charge is 0.203 e. The van der Waals surface area contributed by atoms with E-state index < -0.39 is 9.84 Å². The summed E-state index contributed by atoms with van der Waals surface area (Å²) in [5.41, 5.74) is 0.656. The Kier molecular flexibility index (Phi) is 2.73. The van der Waals surface area contributed by atoms with Crippen LogP contribution in [0.5, 0.6) is 5.75 Å². The number of phenols is 1. The van der Waals surface area contributed by atoms with Gasteiger partial charge in [0.05, 0.1) is 9.80 Å². The van der Waals surface area contributed by atoms with E-state index in [-0.39, 0.29) is 10.6 Å². The number of phenolic OH excluding ortho intramolecular Hbond substituents is 1. The monoisotopic (exact) mass is 239 g/mol. The molecule has 0 bridgehead atoms. The lowest BCUT2D eigenvalue weighted by molar-refractivity contribution is 0.473. The highest BCUT2D eigenvalue weighted by atomic mass is 32.2. The molecule has 0 saturated carbocycles. The van der Waals surface area contributed by atoms with Crippen LogP contribution in [0.2, 0.25) is 0 Å². The minimum atomic E-state index is -3.38. The van der Waals surface area contributed by atoms with Gasteiger partial charge in [-0.25, -0.2) is 8.42 Å². The summed E-state index contributed by atoms with van der Waals surface area (Å²) in [5.74, 6) is -0.0226. The number of nitrogens with one attached hydrogen (secondary N) is 1. The van der Waals surface area contributed by atoms with Crippen molar-refractivity contribution in [2.75, 3.05) is 13.6 Å². The summed E-state index contributed by atoms with van der Waals surface area (Å²) in [6, 6.07) is 4.41. The molecule has 2 rings (SSSR count). The van der Waals surface area contributed by atoms with E-state index in [1.54, 1.807) is 19.2 Å². The van der Waals surface area contributed by atoms with Gasteiger partial charge in [-0.15, -0.1) is 0 Å². The zero-order valence-corrected chi connectivity index (χ0v) is 9.71. The van der Waals surface area contributed by atoms with E-state index in [1.807, 2.05) is 0 Å². The number of fused-ring (bicyclic) bond motifs is 1. The van der Waals surface area contributed by atoms with E-state index >= 15 is 0 Å². The van der Waals surface area contributed by atoms with Crippen LogP contribution in [-0.4, -0.2) is 27.1 Å². The highest BCUT2D eigenvalue weighted by Gasteiger charge is 2.29. The quantitative estimate of drug-likeness (QED) is 0.829. The van der Waals surface area contributed by atoms with Gasteiger partial charge < -0.3 is 10.4 Å². The molecule has 0 saturated heterocycles. The topological polar surface area (TPSA) is 66.4 Å². The van der Waals surface area contributed by atoms with Crippen molar-refractivity contribution in [3.63, 3.8) is 0 Å². The summed E-state index contributed by atoms with van der Waals surface area (Å²) >= 11 is 0. The highest BCUT2D eigenvalue weighted by Crippen LogP contribution is 2.35. The molecule has 86 valence electrons. The molecule has 0 fully saturated rings. The van der Waals surface area contributed by atoms with Crippen LogP contribution in [0.4, 0.5) is 0 Å². The second kappa shape index (κ2) is 3.92. The van der Waals surface area contributed by atoms with Crippen LogP contribution in [0.25, 0.3) is 6.08 Å². The maximum atomic E-state index is 12.0. The fourth-order valence-electron chi connectivity index (χ4n) is 1.72. The molecule has 16 heavy (non-hydrogen) atoms. The summed E-state index contributed by atoms with van der Waals surface area (Å²) in [5, 5.41) is 12.2. The molecule has 0 spiro atoms. The number of rotatable bonds is 3. The summed E-state index contributed by atoms with van der Waals surface area (Å²) in [7, 11) is -1.60. The lowest BCUT2D eigenvalue weighted by atomic mass is 10.2. The average Bonchev–Trinajstić information content (AvgIpc) is 2.48. The fraction of sp³-hybridized carbons (Fsp3) is 0.273. The summed E-state index contributed by atoms with van der Waals surface area (Å²) in [6.45, 7) is 0.616. The molecule has 0 aliphatic carbocycles. The first kappa shape index (κ1) is 11.2. The maximum Gasteiger partial charge on any atom is 0.203 e. The molecule has 0 aromatic heterocycles. The predicted octanol–water partition coefficient (Wildman–Crippen LogP) is 1.13. The second-order valence-corrected chi connectivity index (χ2v) is 5.66. The molecule has 4 nitrogen and oxygen atoms in total. The lowest BCUT2D eigenvalue weighted by Gasteiger charge is -2.03. The Morgan fingerprint density at radius 1 is 1.38 bits per heavy atom. The third-order valence-corrected chi connectivity index (χ3v) is 4.51. The molecule has 1 aromatic carbocycles.